The summed E-state index contributed by atoms with van der Waals surface area (Å²) in [6, 6.07) is 9.60. The van der Waals surface area contributed by atoms with Crippen LogP contribution in [-0.2, 0) is 0 Å². The smallest absolute Gasteiger partial charge is 0.181 e. The molecule has 0 heterocycles. The van der Waals surface area contributed by atoms with Crippen LogP contribution in [0.25, 0.3) is 0 Å². The zero-order valence-corrected chi connectivity index (χ0v) is 11.3. The van der Waals surface area contributed by atoms with Gasteiger partial charge < -0.3 is 0 Å². The number of hydrogen-bond acceptors (Lipinski definition) is 3. The molecule has 0 aliphatic rings. The van der Waals surface area contributed by atoms with Gasteiger partial charge in [0.2, 0.25) is 0 Å². The molecule has 1 atom stereocenters. The van der Waals surface area contributed by atoms with E-state index in [1.807, 2.05) is 38.3 Å². The molecule has 0 bridgehead atoms. The van der Waals surface area contributed by atoms with Crippen molar-refractivity contribution in [2.75, 3.05) is 6.26 Å². The van der Waals surface area contributed by atoms with Gasteiger partial charge >= 0.3 is 0 Å². The summed E-state index contributed by atoms with van der Waals surface area (Å²) in [5.41, 5.74) is 0.673. The van der Waals surface area contributed by atoms with E-state index in [4.69, 9.17) is 5.26 Å². The highest BCUT2D eigenvalue weighted by atomic mass is 32.2. The second kappa shape index (κ2) is 6.46. The van der Waals surface area contributed by atoms with Gasteiger partial charge in [-0.25, -0.2) is 0 Å². The zero-order chi connectivity index (χ0) is 12.8. The quantitative estimate of drug-likeness (QED) is 0.587. The van der Waals surface area contributed by atoms with Crippen LogP contribution in [0.2, 0.25) is 0 Å². The van der Waals surface area contributed by atoms with Crippen LogP contribution < -0.4 is 0 Å². The molecule has 0 saturated carbocycles. The minimum atomic E-state index is -0.525. The van der Waals surface area contributed by atoms with Crippen molar-refractivity contribution in [3.8, 4) is 6.07 Å². The van der Waals surface area contributed by atoms with Crippen molar-refractivity contribution in [2.24, 2.45) is 11.8 Å². The Morgan fingerprint density at radius 3 is 2.59 bits per heavy atom. The summed E-state index contributed by atoms with van der Waals surface area (Å²) in [6.45, 7) is 4.05. The number of nitrogens with zero attached hydrogens (tertiary/aromatic N) is 1. The molecule has 0 radical (unpaired) electrons. The van der Waals surface area contributed by atoms with Crippen molar-refractivity contribution in [2.45, 2.75) is 25.2 Å². The topological polar surface area (TPSA) is 40.9 Å². The van der Waals surface area contributed by atoms with Gasteiger partial charge in [0, 0.05) is 10.5 Å². The first kappa shape index (κ1) is 13.8. The van der Waals surface area contributed by atoms with Gasteiger partial charge in [0.15, 0.2) is 5.78 Å². The van der Waals surface area contributed by atoms with Gasteiger partial charge in [0.1, 0.15) is 5.92 Å². The molecule has 0 fully saturated rings. The van der Waals surface area contributed by atoms with Crippen LogP contribution >= 0.6 is 11.8 Å². The molecule has 1 aromatic rings. The summed E-state index contributed by atoms with van der Waals surface area (Å²) in [5, 5.41) is 9.09. The average Bonchev–Trinajstić information content (AvgIpc) is 2.34. The highest BCUT2D eigenvalue weighted by Gasteiger charge is 2.22. The van der Waals surface area contributed by atoms with Gasteiger partial charge in [0.25, 0.3) is 0 Å². The summed E-state index contributed by atoms with van der Waals surface area (Å²) in [4.78, 5) is 13.2. The van der Waals surface area contributed by atoms with Gasteiger partial charge in [-0.3, -0.25) is 4.79 Å². The van der Waals surface area contributed by atoms with Crippen molar-refractivity contribution in [1.82, 2.24) is 0 Å². The molecular weight excluding hydrogens is 230 g/mol. The summed E-state index contributed by atoms with van der Waals surface area (Å²) < 4.78 is 0. The van der Waals surface area contributed by atoms with E-state index >= 15 is 0 Å². The maximum atomic E-state index is 12.3. The van der Waals surface area contributed by atoms with E-state index in [9.17, 15) is 4.79 Å². The number of carbonyl (C=O) groups excluding carboxylic acids is 1. The van der Waals surface area contributed by atoms with Crippen LogP contribution in [0.1, 0.15) is 30.6 Å². The Labute approximate surface area is 107 Å². The van der Waals surface area contributed by atoms with E-state index in [1.165, 1.54) is 0 Å². The molecule has 3 heteroatoms. The molecule has 2 nitrogen and oxygen atoms in total. The number of Topliss-reactive ketones (excluding diaryl/α,β-unsaturated/α-hetero) is 1. The van der Waals surface area contributed by atoms with Gasteiger partial charge in [-0.1, -0.05) is 32.0 Å². The van der Waals surface area contributed by atoms with E-state index in [0.29, 0.717) is 17.9 Å². The fourth-order valence-corrected chi connectivity index (χ4v) is 2.33. The van der Waals surface area contributed by atoms with Crippen LogP contribution in [0.5, 0.6) is 0 Å². The lowest BCUT2D eigenvalue weighted by molar-refractivity contribution is 0.0934. The average molecular weight is 247 g/mol. The normalized spacial score (nSPS) is 12.2. The molecule has 17 heavy (non-hydrogen) atoms. The standard InChI is InChI=1S/C14H17NOS/c1-10(2)8-11(9-15)14(16)12-6-4-5-7-13(12)17-3/h4-7,10-11H,8H2,1-3H3. The largest absolute Gasteiger partial charge is 0.293 e. The molecule has 0 spiro atoms. The lowest BCUT2D eigenvalue weighted by atomic mass is 9.91. The predicted molar refractivity (Wildman–Crippen MR) is 71.1 cm³/mol. The number of hydrogen-bond donors (Lipinski definition) is 0. The first-order valence-electron chi connectivity index (χ1n) is 5.67. The Morgan fingerprint density at radius 1 is 1.41 bits per heavy atom. The fraction of sp³-hybridized carbons (Fsp3) is 0.429. The van der Waals surface area contributed by atoms with Gasteiger partial charge in [-0.05, 0) is 24.7 Å². The monoisotopic (exact) mass is 247 g/mol. The van der Waals surface area contributed by atoms with Gasteiger partial charge in [0.05, 0.1) is 6.07 Å². The number of ketones is 1. The number of benzene rings is 1. The fourth-order valence-electron chi connectivity index (χ4n) is 1.73. The highest BCUT2D eigenvalue weighted by Crippen LogP contribution is 2.24. The number of rotatable bonds is 5. The molecule has 0 aromatic heterocycles. The van der Waals surface area contributed by atoms with Crippen molar-refractivity contribution < 1.29 is 4.79 Å². The molecule has 1 aromatic carbocycles. The Balaban J connectivity index is 2.98. The van der Waals surface area contributed by atoms with Gasteiger partial charge in [-0.2, -0.15) is 5.26 Å². The van der Waals surface area contributed by atoms with E-state index in [-0.39, 0.29) is 5.78 Å². The molecule has 0 saturated heterocycles. The number of nitriles is 1. The summed E-state index contributed by atoms with van der Waals surface area (Å²) in [6.07, 6.45) is 2.56. The highest BCUT2D eigenvalue weighted by molar-refractivity contribution is 7.98. The maximum Gasteiger partial charge on any atom is 0.181 e. The molecule has 1 unspecified atom stereocenters. The van der Waals surface area contributed by atoms with E-state index in [0.717, 1.165) is 4.90 Å². The maximum absolute atomic E-state index is 12.3. The molecule has 90 valence electrons. The molecule has 0 amide bonds. The third-order valence-corrected chi connectivity index (χ3v) is 3.35. The van der Waals surface area contributed by atoms with E-state index < -0.39 is 5.92 Å². The number of thioether (sulfide) groups is 1. The summed E-state index contributed by atoms with van der Waals surface area (Å²) in [5.74, 6) is -0.223. The number of carbonyl (C=O) groups is 1. The van der Waals surface area contributed by atoms with Crippen molar-refractivity contribution in [3.05, 3.63) is 29.8 Å². The first-order valence-corrected chi connectivity index (χ1v) is 6.89. The SMILES string of the molecule is CSc1ccccc1C(=O)C(C#N)CC(C)C. The Kier molecular flexibility index (Phi) is 5.24. The van der Waals surface area contributed by atoms with E-state index in [1.54, 1.807) is 17.8 Å². The molecule has 0 aliphatic carbocycles. The minimum Gasteiger partial charge on any atom is -0.293 e. The molecule has 0 aliphatic heterocycles. The van der Waals surface area contributed by atoms with Crippen LogP contribution in [0.3, 0.4) is 0 Å². The lowest BCUT2D eigenvalue weighted by Gasteiger charge is -2.12. The van der Waals surface area contributed by atoms with Crippen LogP contribution in [0.4, 0.5) is 0 Å². The summed E-state index contributed by atoms with van der Waals surface area (Å²) >= 11 is 1.54. The minimum absolute atomic E-state index is 0.0499. The van der Waals surface area contributed by atoms with Gasteiger partial charge in [-0.15, -0.1) is 11.8 Å². The summed E-state index contributed by atoms with van der Waals surface area (Å²) in [7, 11) is 0. The van der Waals surface area contributed by atoms with Crippen molar-refractivity contribution >= 4 is 17.5 Å². The second-order valence-corrected chi connectivity index (χ2v) is 5.22. The lowest BCUT2D eigenvalue weighted by Crippen LogP contribution is -2.16. The third kappa shape index (κ3) is 3.61. The predicted octanol–water partition coefficient (Wildman–Crippen LogP) is 3.78. The molecular formula is C14H17NOS. The zero-order valence-electron chi connectivity index (χ0n) is 10.4. The second-order valence-electron chi connectivity index (χ2n) is 4.38. The Morgan fingerprint density at radius 2 is 2.06 bits per heavy atom. The van der Waals surface area contributed by atoms with E-state index in [2.05, 4.69) is 6.07 Å². The van der Waals surface area contributed by atoms with Crippen molar-refractivity contribution in [1.29, 1.82) is 5.26 Å². The van der Waals surface area contributed by atoms with Crippen molar-refractivity contribution in [3.63, 3.8) is 0 Å². The molecule has 1 rings (SSSR count). The first-order chi connectivity index (χ1) is 8.10. The Hall–Kier alpha value is -1.27. The Bertz CT molecular complexity index is 434. The molecule has 0 N–H and O–H groups in total. The van der Waals surface area contributed by atoms with Crippen LogP contribution in [0.15, 0.2) is 29.2 Å². The van der Waals surface area contributed by atoms with Crippen LogP contribution in [-0.4, -0.2) is 12.0 Å². The van der Waals surface area contributed by atoms with Crippen LogP contribution in [0, 0.1) is 23.2 Å². The third-order valence-electron chi connectivity index (χ3n) is 2.55.